The maximum Gasteiger partial charge on any atom is 0.330 e. The fourth-order valence-electron chi connectivity index (χ4n) is 0.796. The average molecular weight is 361 g/mol. The number of carbonyl (C=O) groups excluding carboxylic acids is 3. The number of ketones is 1. The highest BCUT2D eigenvalue weighted by Crippen LogP contribution is 1.92. The Bertz CT molecular complexity index is 408. The Balaban J connectivity index is -0.000000128. The smallest absolute Gasteiger partial charge is 0.330 e. The largest absolute Gasteiger partial charge is 0.468 e. The number of Topliss-reactive ketones (excluding diaryl/α,β-unsaturated/α-hetero) is 1. The van der Waals surface area contributed by atoms with Crippen LogP contribution in [0.5, 0.6) is 0 Å². The zero-order chi connectivity index (χ0) is 21.2. The summed E-state index contributed by atoms with van der Waals surface area (Å²) in [5.74, 6) is -0.499. The van der Waals surface area contributed by atoms with E-state index >= 15 is 0 Å². The van der Waals surface area contributed by atoms with E-state index in [1.165, 1.54) is 28.1 Å². The minimum atomic E-state index is -0.495. The minimum absolute atomic E-state index is 0.167. The zero-order valence-electron chi connectivity index (χ0n) is 17.2. The Kier molecular flexibility index (Phi) is 24.6. The quantitative estimate of drug-likeness (QED) is 0.585. The molecule has 0 saturated carbocycles. The molecule has 0 heterocycles. The van der Waals surface area contributed by atoms with Crippen LogP contribution in [-0.4, -0.2) is 55.4 Å². The summed E-state index contributed by atoms with van der Waals surface area (Å²) < 4.78 is 8.71. The topological polar surface area (TPSA) is 132 Å². The number of aliphatic imine (C=N–C) groups is 1. The fourth-order valence-corrected chi connectivity index (χ4v) is 0.796. The van der Waals surface area contributed by atoms with Gasteiger partial charge in [0, 0.05) is 11.4 Å². The van der Waals surface area contributed by atoms with Crippen LogP contribution in [0.15, 0.2) is 4.99 Å². The van der Waals surface area contributed by atoms with E-state index in [0.717, 1.165) is 5.71 Å². The third-order valence-electron chi connectivity index (χ3n) is 1.57. The highest BCUT2D eigenvalue weighted by atomic mass is 16.5. The van der Waals surface area contributed by atoms with Gasteiger partial charge in [-0.1, -0.05) is 0 Å². The van der Waals surface area contributed by atoms with Gasteiger partial charge < -0.3 is 25.4 Å². The van der Waals surface area contributed by atoms with Crippen LogP contribution in [0.1, 0.15) is 55.4 Å². The first kappa shape index (κ1) is 30.8. The SMILES string of the molecule is CC(C)=N.CC(C)=O.COC(=O)C(C)N.COC(=O)C(C)N=C(C)C. The molecule has 2 unspecified atom stereocenters. The molecule has 0 aliphatic rings. The molecule has 3 N–H and O–H groups in total. The van der Waals surface area contributed by atoms with E-state index in [-0.39, 0.29) is 23.8 Å². The molecule has 0 bridgehead atoms. The van der Waals surface area contributed by atoms with Crippen LogP contribution < -0.4 is 5.73 Å². The summed E-state index contributed by atoms with van der Waals surface area (Å²) in [6.07, 6.45) is 0. The lowest BCUT2D eigenvalue weighted by molar-refractivity contribution is -0.142. The van der Waals surface area contributed by atoms with Crippen molar-refractivity contribution < 1.29 is 23.9 Å². The number of hydrogen-bond donors (Lipinski definition) is 2. The van der Waals surface area contributed by atoms with Crippen LogP contribution in [0.25, 0.3) is 0 Å². The van der Waals surface area contributed by atoms with E-state index < -0.39 is 6.04 Å². The van der Waals surface area contributed by atoms with E-state index in [2.05, 4.69) is 14.5 Å². The first-order valence-corrected chi connectivity index (χ1v) is 7.63. The van der Waals surface area contributed by atoms with Crippen LogP contribution in [0, 0.1) is 5.41 Å². The summed E-state index contributed by atoms with van der Waals surface area (Å²) in [7, 11) is 2.67. The number of hydrogen-bond acceptors (Lipinski definition) is 8. The van der Waals surface area contributed by atoms with E-state index in [0.29, 0.717) is 5.71 Å². The van der Waals surface area contributed by atoms with Gasteiger partial charge in [0.05, 0.1) is 14.2 Å². The molecule has 0 amide bonds. The number of ether oxygens (including phenoxy) is 2. The third kappa shape index (κ3) is 44.9. The highest BCUT2D eigenvalue weighted by Gasteiger charge is 2.09. The van der Waals surface area contributed by atoms with Crippen LogP contribution in [0.2, 0.25) is 0 Å². The molecule has 0 saturated heterocycles. The number of carbonyl (C=O) groups is 3. The molecule has 0 aliphatic carbocycles. The summed E-state index contributed by atoms with van der Waals surface area (Å²) in [4.78, 5) is 34.3. The number of nitrogens with one attached hydrogen (secondary N) is 1. The molecular formula is C17H35N3O5. The standard InChI is InChI=1S/C7H13NO2.C4H9NO2.C3H7N.C3H6O/c1-5(2)8-6(3)7(9)10-4;1-3(5)4(6)7-2;2*1-3(2)4/h6H,1-4H3;3H,5H2,1-2H3;4H,1-2H3;1-2H3. The lowest BCUT2D eigenvalue weighted by atomic mass is 10.3. The molecule has 0 aromatic rings. The van der Waals surface area contributed by atoms with Gasteiger partial charge >= 0.3 is 11.9 Å². The summed E-state index contributed by atoms with van der Waals surface area (Å²) in [6, 6.07) is -0.861. The second kappa shape index (κ2) is 20.0. The van der Waals surface area contributed by atoms with Gasteiger partial charge in [0.15, 0.2) is 0 Å². The molecule has 148 valence electrons. The van der Waals surface area contributed by atoms with E-state index in [1.54, 1.807) is 27.7 Å². The maximum atomic E-state index is 10.7. The van der Waals surface area contributed by atoms with Crippen LogP contribution in [-0.2, 0) is 23.9 Å². The molecule has 25 heavy (non-hydrogen) atoms. The Labute approximate surface area is 151 Å². The van der Waals surface area contributed by atoms with Crippen molar-refractivity contribution in [3.05, 3.63) is 0 Å². The molecule has 8 heteroatoms. The van der Waals surface area contributed by atoms with Crippen molar-refractivity contribution in [1.29, 1.82) is 5.41 Å². The number of esters is 2. The zero-order valence-corrected chi connectivity index (χ0v) is 17.2. The number of methoxy groups -OCH3 is 2. The third-order valence-corrected chi connectivity index (χ3v) is 1.57. The maximum absolute atomic E-state index is 10.7. The first-order valence-electron chi connectivity index (χ1n) is 7.63. The molecule has 2 atom stereocenters. The average Bonchev–Trinajstić information content (AvgIpc) is 2.44. The molecule has 0 aromatic heterocycles. The Morgan fingerprint density at radius 2 is 1.16 bits per heavy atom. The number of rotatable bonds is 3. The van der Waals surface area contributed by atoms with Gasteiger partial charge in [0.25, 0.3) is 0 Å². The monoisotopic (exact) mass is 361 g/mol. The van der Waals surface area contributed by atoms with Crippen molar-refractivity contribution in [2.75, 3.05) is 14.2 Å². The summed E-state index contributed by atoms with van der Waals surface area (Å²) in [6.45, 7) is 13.5. The van der Waals surface area contributed by atoms with E-state index in [1.807, 2.05) is 13.8 Å². The van der Waals surface area contributed by atoms with Crippen molar-refractivity contribution in [2.45, 2.75) is 67.5 Å². The Morgan fingerprint density at radius 3 is 1.28 bits per heavy atom. The van der Waals surface area contributed by atoms with Crippen LogP contribution in [0.3, 0.4) is 0 Å². The summed E-state index contributed by atoms with van der Waals surface area (Å²) >= 11 is 0. The van der Waals surface area contributed by atoms with E-state index in [9.17, 15) is 14.4 Å². The molecule has 0 aliphatic heterocycles. The highest BCUT2D eigenvalue weighted by molar-refractivity contribution is 5.84. The normalized spacial score (nSPS) is 10.5. The van der Waals surface area contributed by atoms with Gasteiger partial charge in [-0.05, 0) is 55.4 Å². The van der Waals surface area contributed by atoms with E-state index in [4.69, 9.17) is 11.1 Å². The fraction of sp³-hybridized carbons (Fsp3) is 0.706. The first-order chi connectivity index (χ1) is 11.2. The second-order valence-corrected chi connectivity index (χ2v) is 5.50. The van der Waals surface area contributed by atoms with Gasteiger partial charge in [-0.2, -0.15) is 0 Å². The van der Waals surface area contributed by atoms with Gasteiger partial charge in [-0.25, -0.2) is 4.79 Å². The number of nitrogens with two attached hydrogens (primary N) is 1. The Morgan fingerprint density at radius 1 is 0.880 bits per heavy atom. The van der Waals surface area contributed by atoms with Crippen molar-refractivity contribution in [3.63, 3.8) is 0 Å². The molecule has 0 radical (unpaired) electrons. The molecule has 8 nitrogen and oxygen atoms in total. The molecule has 0 spiro atoms. The lowest BCUT2D eigenvalue weighted by Gasteiger charge is -2.02. The molecule has 0 aromatic carbocycles. The van der Waals surface area contributed by atoms with Crippen molar-refractivity contribution in [2.24, 2.45) is 10.7 Å². The summed E-state index contributed by atoms with van der Waals surface area (Å²) in [5.41, 5.74) is 6.63. The number of nitrogens with zero attached hydrogens (tertiary/aromatic N) is 1. The van der Waals surface area contributed by atoms with Crippen molar-refractivity contribution in [3.8, 4) is 0 Å². The van der Waals surface area contributed by atoms with Gasteiger partial charge in [-0.15, -0.1) is 0 Å². The van der Waals surface area contributed by atoms with Crippen molar-refractivity contribution >= 4 is 29.1 Å². The predicted molar refractivity (Wildman–Crippen MR) is 101 cm³/mol. The second-order valence-electron chi connectivity index (χ2n) is 5.50. The predicted octanol–water partition coefficient (Wildman–Crippen LogP) is 2.18. The molecule has 0 rings (SSSR count). The van der Waals surface area contributed by atoms with Crippen LogP contribution >= 0.6 is 0 Å². The summed E-state index contributed by atoms with van der Waals surface area (Å²) in [5, 5.41) is 6.50. The molecule has 0 fully saturated rings. The van der Waals surface area contributed by atoms with Gasteiger partial charge in [-0.3, -0.25) is 9.79 Å². The Hall–Kier alpha value is -2.09. The minimum Gasteiger partial charge on any atom is -0.468 e. The van der Waals surface area contributed by atoms with Gasteiger partial charge in [0.2, 0.25) is 0 Å². The van der Waals surface area contributed by atoms with Crippen LogP contribution in [0.4, 0.5) is 0 Å². The molecular weight excluding hydrogens is 326 g/mol. The lowest BCUT2D eigenvalue weighted by Crippen LogP contribution is -2.27. The van der Waals surface area contributed by atoms with Crippen molar-refractivity contribution in [1.82, 2.24) is 0 Å². The van der Waals surface area contributed by atoms with Gasteiger partial charge in [0.1, 0.15) is 17.9 Å².